The van der Waals surface area contributed by atoms with Crippen LogP contribution in [0.25, 0.3) is 0 Å². The molecule has 20 heavy (non-hydrogen) atoms. The van der Waals surface area contributed by atoms with Gasteiger partial charge >= 0.3 is 0 Å². The molecule has 2 unspecified atom stereocenters. The first-order valence-electron chi connectivity index (χ1n) is 6.68. The number of carbonyl (C=O) groups is 1. The summed E-state index contributed by atoms with van der Waals surface area (Å²) >= 11 is 5.81. The molecule has 2 atom stereocenters. The van der Waals surface area contributed by atoms with E-state index in [1.807, 2.05) is 0 Å². The quantitative estimate of drug-likeness (QED) is 0.599. The highest BCUT2D eigenvalue weighted by atomic mass is 35.5. The van der Waals surface area contributed by atoms with Crippen LogP contribution in [-0.4, -0.2) is 21.1 Å². The molecule has 0 bridgehead atoms. The number of nitrogens with one attached hydrogen (secondary N) is 1. The van der Waals surface area contributed by atoms with Gasteiger partial charge in [0.15, 0.2) is 0 Å². The van der Waals surface area contributed by atoms with Crippen molar-refractivity contribution in [3.05, 3.63) is 23.2 Å². The Bertz CT molecular complexity index is 494. The number of unbranched alkanes of at least 4 members (excludes halogenated alkanes) is 2. The van der Waals surface area contributed by atoms with Gasteiger partial charge in [-0.15, -0.1) is 0 Å². The monoisotopic (exact) mass is 316 g/mol. The minimum atomic E-state index is -1.15. The third kappa shape index (κ3) is 5.13. The van der Waals surface area contributed by atoms with E-state index in [0.717, 1.165) is 19.3 Å². The average Bonchev–Trinajstić information content (AvgIpc) is 2.42. The normalized spacial score (nSPS) is 13.8. The van der Waals surface area contributed by atoms with Crippen molar-refractivity contribution >= 4 is 39.7 Å². The fourth-order valence-corrected chi connectivity index (χ4v) is 2.91. The Hall–Kier alpha value is -1.07. The molecular weight excluding hydrogens is 296 g/mol. The van der Waals surface area contributed by atoms with Gasteiger partial charge < -0.3 is 11.1 Å². The van der Waals surface area contributed by atoms with Gasteiger partial charge in [0.05, 0.1) is 10.7 Å². The van der Waals surface area contributed by atoms with Crippen LogP contribution < -0.4 is 11.1 Å². The number of hydrogen-bond donors (Lipinski definition) is 2. The number of nitrogens with two attached hydrogens (primary N) is 1. The first-order chi connectivity index (χ1) is 9.45. The van der Waals surface area contributed by atoms with Crippen LogP contribution in [0.5, 0.6) is 0 Å². The Morgan fingerprint density at radius 2 is 2.15 bits per heavy atom. The third-order valence-electron chi connectivity index (χ3n) is 2.98. The van der Waals surface area contributed by atoms with Crippen molar-refractivity contribution in [3.63, 3.8) is 0 Å². The van der Waals surface area contributed by atoms with Gasteiger partial charge in [0.25, 0.3) is 0 Å². The minimum absolute atomic E-state index is 0.262. The molecule has 6 heteroatoms. The maximum absolute atomic E-state index is 12.0. The van der Waals surface area contributed by atoms with Crippen LogP contribution in [0, 0.1) is 0 Å². The largest absolute Gasteiger partial charge is 0.397 e. The number of carbonyl (C=O) groups excluding carboxylic acids is 1. The van der Waals surface area contributed by atoms with Crippen molar-refractivity contribution in [1.29, 1.82) is 0 Å². The minimum Gasteiger partial charge on any atom is -0.397 e. The number of benzene rings is 1. The lowest BCUT2D eigenvalue weighted by molar-refractivity contribution is -0.115. The number of anilines is 2. The van der Waals surface area contributed by atoms with E-state index >= 15 is 0 Å². The van der Waals surface area contributed by atoms with Crippen molar-refractivity contribution in [2.75, 3.05) is 16.8 Å². The van der Waals surface area contributed by atoms with E-state index in [9.17, 15) is 9.00 Å². The van der Waals surface area contributed by atoms with Crippen LogP contribution in [0.15, 0.2) is 18.2 Å². The Kier molecular flexibility index (Phi) is 7.02. The van der Waals surface area contributed by atoms with Crippen molar-refractivity contribution in [2.45, 2.75) is 38.4 Å². The van der Waals surface area contributed by atoms with Gasteiger partial charge in [0.1, 0.15) is 5.25 Å². The molecular formula is C14H21ClN2O2S. The molecule has 1 rings (SSSR count). The maximum Gasteiger partial charge on any atom is 0.239 e. The SMILES string of the molecule is CCCCCS(=O)C(C)C(=O)Nc1ccc(Cl)c(N)c1. The van der Waals surface area contributed by atoms with Crippen LogP contribution >= 0.6 is 11.6 Å². The van der Waals surface area contributed by atoms with Crippen LogP contribution in [0.1, 0.15) is 33.1 Å². The summed E-state index contributed by atoms with van der Waals surface area (Å²) in [5, 5.41) is 2.62. The summed E-state index contributed by atoms with van der Waals surface area (Å²) in [5.41, 5.74) is 6.64. The maximum atomic E-state index is 12.0. The second kappa shape index (κ2) is 8.27. The standard InChI is InChI=1S/C14H21ClN2O2S/c1-3-4-5-8-20(19)10(2)14(18)17-11-6-7-12(15)13(16)9-11/h6-7,9-10H,3-5,8,16H2,1-2H3,(H,17,18). The Morgan fingerprint density at radius 3 is 2.75 bits per heavy atom. The Morgan fingerprint density at radius 1 is 1.45 bits per heavy atom. The molecule has 0 saturated carbocycles. The summed E-state index contributed by atoms with van der Waals surface area (Å²) in [4.78, 5) is 12.0. The number of halogens is 1. The molecule has 0 spiro atoms. The van der Waals surface area contributed by atoms with Gasteiger partial charge in [0.2, 0.25) is 5.91 Å². The highest BCUT2D eigenvalue weighted by Gasteiger charge is 2.19. The van der Waals surface area contributed by atoms with Crippen molar-refractivity contribution in [1.82, 2.24) is 0 Å². The summed E-state index contributed by atoms with van der Waals surface area (Å²) in [6.45, 7) is 3.76. The highest BCUT2D eigenvalue weighted by Crippen LogP contribution is 2.22. The number of rotatable bonds is 7. The zero-order chi connectivity index (χ0) is 15.1. The summed E-state index contributed by atoms with van der Waals surface area (Å²) in [5.74, 6) is 0.298. The van der Waals surface area contributed by atoms with E-state index in [-0.39, 0.29) is 5.91 Å². The second-order valence-corrected chi connectivity index (χ2v) is 6.94. The van der Waals surface area contributed by atoms with Crippen molar-refractivity contribution < 1.29 is 9.00 Å². The van der Waals surface area contributed by atoms with Gasteiger partial charge in [-0.3, -0.25) is 9.00 Å². The fourth-order valence-electron chi connectivity index (χ4n) is 1.66. The van der Waals surface area contributed by atoms with Gasteiger partial charge in [-0.05, 0) is 31.5 Å². The van der Waals surface area contributed by atoms with Crippen LogP contribution in [-0.2, 0) is 15.6 Å². The van der Waals surface area contributed by atoms with Crippen LogP contribution in [0.2, 0.25) is 5.02 Å². The number of hydrogen-bond acceptors (Lipinski definition) is 3. The van der Waals surface area contributed by atoms with Gasteiger partial charge in [-0.25, -0.2) is 0 Å². The molecule has 0 heterocycles. The Balaban J connectivity index is 2.56. The van der Waals surface area contributed by atoms with E-state index in [2.05, 4.69) is 12.2 Å². The first-order valence-corrected chi connectivity index (χ1v) is 8.44. The summed E-state index contributed by atoms with van der Waals surface area (Å²) in [6.07, 6.45) is 2.99. The lowest BCUT2D eigenvalue weighted by Gasteiger charge is -2.12. The molecule has 1 amide bonds. The average molecular weight is 317 g/mol. The first kappa shape index (κ1) is 17.0. The van der Waals surface area contributed by atoms with E-state index in [1.165, 1.54) is 0 Å². The molecule has 0 aliphatic rings. The number of amides is 1. The second-order valence-electron chi connectivity index (χ2n) is 4.66. The fraction of sp³-hybridized carbons (Fsp3) is 0.500. The molecule has 1 aromatic rings. The van der Waals surface area contributed by atoms with Gasteiger partial charge in [-0.1, -0.05) is 31.4 Å². The lowest BCUT2D eigenvalue weighted by atomic mass is 10.2. The van der Waals surface area contributed by atoms with E-state index in [4.69, 9.17) is 17.3 Å². The number of nitrogen functional groups attached to an aromatic ring is 1. The smallest absolute Gasteiger partial charge is 0.239 e. The molecule has 0 fully saturated rings. The molecule has 0 aliphatic carbocycles. The third-order valence-corrected chi connectivity index (χ3v) is 5.01. The molecule has 4 nitrogen and oxygen atoms in total. The zero-order valence-corrected chi connectivity index (χ0v) is 13.4. The predicted octanol–water partition coefficient (Wildman–Crippen LogP) is 3.19. The van der Waals surface area contributed by atoms with E-state index in [0.29, 0.717) is 22.2 Å². The van der Waals surface area contributed by atoms with Gasteiger partial charge in [0, 0.05) is 22.2 Å². The topological polar surface area (TPSA) is 72.2 Å². The molecule has 1 aromatic carbocycles. The van der Waals surface area contributed by atoms with Crippen LogP contribution in [0.4, 0.5) is 11.4 Å². The molecule has 0 aliphatic heterocycles. The van der Waals surface area contributed by atoms with Crippen LogP contribution in [0.3, 0.4) is 0 Å². The summed E-state index contributed by atoms with van der Waals surface area (Å²) in [6, 6.07) is 4.88. The molecule has 112 valence electrons. The summed E-state index contributed by atoms with van der Waals surface area (Å²) in [7, 11) is -1.15. The van der Waals surface area contributed by atoms with Crippen molar-refractivity contribution in [2.24, 2.45) is 0 Å². The molecule has 3 N–H and O–H groups in total. The van der Waals surface area contributed by atoms with Gasteiger partial charge in [-0.2, -0.15) is 0 Å². The predicted molar refractivity (Wildman–Crippen MR) is 86.5 cm³/mol. The van der Waals surface area contributed by atoms with E-state index in [1.54, 1.807) is 25.1 Å². The zero-order valence-electron chi connectivity index (χ0n) is 11.8. The van der Waals surface area contributed by atoms with Crippen molar-refractivity contribution in [3.8, 4) is 0 Å². The highest BCUT2D eigenvalue weighted by molar-refractivity contribution is 7.86. The molecule has 0 aromatic heterocycles. The van der Waals surface area contributed by atoms with E-state index < -0.39 is 16.0 Å². The molecule has 0 saturated heterocycles. The summed E-state index contributed by atoms with van der Waals surface area (Å²) < 4.78 is 12.0. The lowest BCUT2D eigenvalue weighted by Crippen LogP contribution is -2.30. The molecule has 0 radical (unpaired) electrons. The Labute approximate surface area is 127 Å².